The Hall–Kier alpha value is -1.26. The maximum Gasteiger partial charge on any atom is 0.170 e. The summed E-state index contributed by atoms with van der Waals surface area (Å²) in [6.45, 7) is 0.333. The number of halogens is 3. The number of benzene rings is 2. The molecule has 2 nitrogen and oxygen atoms in total. The van der Waals surface area contributed by atoms with Crippen LogP contribution in [0.1, 0.15) is 5.56 Å². The van der Waals surface area contributed by atoms with Crippen molar-refractivity contribution in [2.75, 3.05) is 12.4 Å². The smallest absolute Gasteiger partial charge is 0.170 e. The third-order valence-corrected chi connectivity index (χ3v) is 3.48. The third kappa shape index (κ3) is 3.39. The van der Waals surface area contributed by atoms with Gasteiger partial charge in [-0.3, -0.25) is 0 Å². The number of anilines is 1. The summed E-state index contributed by atoms with van der Waals surface area (Å²) in [5.74, 6) is -0.122. The predicted octanol–water partition coefficient (Wildman–Crippen LogP) is 4.86. The number of methoxy groups -OCH3 is 1. The van der Waals surface area contributed by atoms with Crippen LogP contribution in [0.4, 0.5) is 10.1 Å². The van der Waals surface area contributed by atoms with Crippen LogP contribution < -0.4 is 10.1 Å². The van der Waals surface area contributed by atoms with Crippen molar-refractivity contribution in [2.45, 2.75) is 6.54 Å². The van der Waals surface area contributed by atoms with E-state index >= 15 is 0 Å². The van der Waals surface area contributed by atoms with Crippen LogP contribution in [-0.2, 0) is 6.54 Å². The molecule has 2 rings (SSSR count). The number of hydrogen-bond acceptors (Lipinski definition) is 2. The van der Waals surface area contributed by atoms with E-state index in [2.05, 4.69) is 21.2 Å². The lowest BCUT2D eigenvalue weighted by Gasteiger charge is -2.11. The highest BCUT2D eigenvalue weighted by Crippen LogP contribution is 2.27. The maximum absolute atomic E-state index is 13.9. The molecule has 0 fully saturated rings. The van der Waals surface area contributed by atoms with Gasteiger partial charge in [0.15, 0.2) is 11.6 Å². The largest absolute Gasteiger partial charge is 0.494 e. The van der Waals surface area contributed by atoms with Crippen LogP contribution in [-0.4, -0.2) is 7.11 Å². The molecular weight excluding hydrogens is 333 g/mol. The molecule has 0 bridgehead atoms. The van der Waals surface area contributed by atoms with Crippen molar-refractivity contribution in [3.05, 3.63) is 57.3 Å². The molecular formula is C14H12BrClFNO. The summed E-state index contributed by atoms with van der Waals surface area (Å²) in [6, 6.07) is 10.5. The van der Waals surface area contributed by atoms with Gasteiger partial charge in [-0.25, -0.2) is 4.39 Å². The monoisotopic (exact) mass is 343 g/mol. The molecule has 2 aromatic carbocycles. The Morgan fingerprint density at radius 3 is 2.84 bits per heavy atom. The van der Waals surface area contributed by atoms with E-state index in [1.54, 1.807) is 24.3 Å². The fourth-order valence-corrected chi connectivity index (χ4v) is 2.22. The van der Waals surface area contributed by atoms with Crippen LogP contribution in [0, 0.1) is 5.82 Å². The van der Waals surface area contributed by atoms with Gasteiger partial charge in [-0.1, -0.05) is 39.7 Å². The van der Waals surface area contributed by atoms with Crippen LogP contribution in [0.25, 0.3) is 0 Å². The summed E-state index contributed by atoms with van der Waals surface area (Å²) in [7, 11) is 1.45. The van der Waals surface area contributed by atoms with Crippen molar-refractivity contribution in [1.29, 1.82) is 0 Å². The topological polar surface area (TPSA) is 21.3 Å². The van der Waals surface area contributed by atoms with Crippen LogP contribution in [0.5, 0.6) is 5.75 Å². The molecule has 0 spiro atoms. The van der Waals surface area contributed by atoms with Gasteiger partial charge < -0.3 is 10.1 Å². The van der Waals surface area contributed by atoms with Gasteiger partial charge in [-0.2, -0.15) is 0 Å². The van der Waals surface area contributed by atoms with Crippen molar-refractivity contribution < 1.29 is 9.13 Å². The van der Waals surface area contributed by atoms with Crippen molar-refractivity contribution in [3.8, 4) is 5.75 Å². The number of nitrogens with one attached hydrogen (secondary N) is 1. The first-order chi connectivity index (χ1) is 9.11. The standard InChI is InChI=1S/C14H12BrClFNO/c1-19-13-4-2-3-9(14(13)17)8-18-12-7-10(15)5-6-11(12)16/h2-7,18H,8H2,1H3. The zero-order valence-electron chi connectivity index (χ0n) is 10.2. The van der Waals surface area contributed by atoms with Crippen molar-refractivity contribution in [1.82, 2.24) is 0 Å². The Labute approximate surface area is 124 Å². The highest BCUT2D eigenvalue weighted by atomic mass is 79.9. The quantitative estimate of drug-likeness (QED) is 0.855. The third-order valence-electron chi connectivity index (χ3n) is 2.66. The molecule has 0 unspecified atom stereocenters. The summed E-state index contributed by atoms with van der Waals surface area (Å²) in [6.07, 6.45) is 0. The van der Waals surface area contributed by atoms with E-state index in [9.17, 15) is 4.39 Å². The summed E-state index contributed by atoms with van der Waals surface area (Å²) >= 11 is 9.43. The fourth-order valence-electron chi connectivity index (χ4n) is 1.67. The molecule has 0 heterocycles. The van der Waals surface area contributed by atoms with Gasteiger partial charge >= 0.3 is 0 Å². The molecule has 100 valence electrons. The van der Waals surface area contributed by atoms with Gasteiger partial charge in [0.1, 0.15) is 0 Å². The van der Waals surface area contributed by atoms with E-state index in [4.69, 9.17) is 16.3 Å². The van der Waals surface area contributed by atoms with Gasteiger partial charge in [0.25, 0.3) is 0 Å². The summed E-state index contributed by atoms with van der Waals surface area (Å²) in [5.41, 5.74) is 1.27. The van der Waals surface area contributed by atoms with Crippen LogP contribution in [0.3, 0.4) is 0 Å². The van der Waals surface area contributed by atoms with E-state index in [1.807, 2.05) is 12.1 Å². The number of rotatable bonds is 4. The second-order valence-electron chi connectivity index (χ2n) is 3.91. The molecule has 5 heteroatoms. The Bertz CT molecular complexity index is 592. The Morgan fingerprint density at radius 1 is 1.32 bits per heavy atom. The van der Waals surface area contributed by atoms with E-state index in [1.165, 1.54) is 7.11 Å². The van der Waals surface area contributed by atoms with E-state index in [-0.39, 0.29) is 11.6 Å². The maximum atomic E-state index is 13.9. The van der Waals surface area contributed by atoms with Gasteiger partial charge in [0.2, 0.25) is 0 Å². The molecule has 0 aliphatic rings. The van der Waals surface area contributed by atoms with Crippen molar-refractivity contribution >= 4 is 33.2 Å². The minimum Gasteiger partial charge on any atom is -0.494 e. The minimum absolute atomic E-state index is 0.236. The van der Waals surface area contributed by atoms with Gasteiger partial charge in [-0.15, -0.1) is 0 Å². The molecule has 19 heavy (non-hydrogen) atoms. The predicted molar refractivity (Wildman–Crippen MR) is 79.4 cm³/mol. The highest BCUT2D eigenvalue weighted by molar-refractivity contribution is 9.10. The second kappa shape index (κ2) is 6.26. The summed E-state index contributed by atoms with van der Waals surface area (Å²) < 4.78 is 19.8. The van der Waals surface area contributed by atoms with Gasteiger partial charge in [0, 0.05) is 16.6 Å². The number of ether oxygens (including phenoxy) is 1. The Morgan fingerprint density at radius 2 is 2.11 bits per heavy atom. The zero-order valence-corrected chi connectivity index (χ0v) is 12.6. The lowest BCUT2D eigenvalue weighted by Crippen LogP contribution is -2.03. The average Bonchev–Trinajstić information content (AvgIpc) is 2.41. The Balaban J connectivity index is 2.17. The Kier molecular flexibility index (Phi) is 4.66. The molecule has 0 saturated carbocycles. The average molecular weight is 345 g/mol. The van der Waals surface area contributed by atoms with Crippen molar-refractivity contribution in [2.24, 2.45) is 0 Å². The molecule has 0 atom stereocenters. The summed E-state index contributed by atoms with van der Waals surface area (Å²) in [4.78, 5) is 0. The van der Waals surface area contributed by atoms with Gasteiger partial charge in [0.05, 0.1) is 17.8 Å². The van der Waals surface area contributed by atoms with Crippen LogP contribution >= 0.6 is 27.5 Å². The van der Waals surface area contributed by atoms with Gasteiger partial charge in [-0.05, 0) is 24.3 Å². The lowest BCUT2D eigenvalue weighted by molar-refractivity contribution is 0.384. The fraction of sp³-hybridized carbons (Fsp3) is 0.143. The van der Waals surface area contributed by atoms with E-state index < -0.39 is 0 Å². The normalized spacial score (nSPS) is 10.3. The lowest BCUT2D eigenvalue weighted by atomic mass is 10.2. The molecule has 0 aliphatic carbocycles. The highest BCUT2D eigenvalue weighted by Gasteiger charge is 2.08. The minimum atomic E-state index is -0.358. The van der Waals surface area contributed by atoms with Crippen LogP contribution in [0.2, 0.25) is 5.02 Å². The second-order valence-corrected chi connectivity index (χ2v) is 5.23. The molecule has 0 saturated heterocycles. The number of hydrogen-bond donors (Lipinski definition) is 1. The van der Waals surface area contributed by atoms with Crippen LogP contribution in [0.15, 0.2) is 40.9 Å². The molecule has 2 aromatic rings. The first-order valence-corrected chi connectivity index (χ1v) is 6.79. The molecule has 0 aromatic heterocycles. The van der Waals surface area contributed by atoms with Crippen molar-refractivity contribution in [3.63, 3.8) is 0 Å². The SMILES string of the molecule is COc1cccc(CNc2cc(Br)ccc2Cl)c1F. The molecule has 0 aliphatic heterocycles. The first-order valence-electron chi connectivity index (χ1n) is 5.62. The summed E-state index contributed by atoms with van der Waals surface area (Å²) in [5, 5.41) is 3.69. The van der Waals surface area contributed by atoms with E-state index in [0.29, 0.717) is 17.1 Å². The molecule has 0 radical (unpaired) electrons. The zero-order chi connectivity index (χ0) is 13.8. The first kappa shape index (κ1) is 14.2. The molecule has 1 N–H and O–H groups in total. The molecule has 0 amide bonds. The van der Waals surface area contributed by atoms with E-state index in [0.717, 1.165) is 10.2 Å².